The van der Waals surface area contributed by atoms with E-state index in [4.69, 9.17) is 4.74 Å². The summed E-state index contributed by atoms with van der Waals surface area (Å²) in [5.41, 5.74) is -0.398. The van der Waals surface area contributed by atoms with Crippen LogP contribution in [0.25, 0.3) is 0 Å². The van der Waals surface area contributed by atoms with Crippen LogP contribution in [0, 0.1) is 5.82 Å². The Morgan fingerprint density at radius 3 is 2.64 bits per heavy atom. The van der Waals surface area contributed by atoms with Gasteiger partial charge in [0, 0.05) is 7.05 Å². The molecule has 0 aromatic heterocycles. The number of ether oxygens (including phenoxy) is 1. The lowest BCUT2D eigenvalue weighted by Gasteiger charge is -2.31. The molecule has 6 heteroatoms. The largest absolute Gasteiger partial charge is 0.492 e. The lowest BCUT2D eigenvalue weighted by atomic mass is 9.92. The van der Waals surface area contributed by atoms with Crippen molar-refractivity contribution in [1.29, 1.82) is 0 Å². The molecule has 0 spiro atoms. The first-order valence-corrected chi connectivity index (χ1v) is 7.46. The van der Waals surface area contributed by atoms with Gasteiger partial charge in [-0.2, -0.15) is 0 Å². The zero-order chi connectivity index (χ0) is 15.3. The maximum Gasteiger partial charge on any atom is 0.242 e. The third-order valence-electron chi connectivity index (χ3n) is 4.11. The van der Waals surface area contributed by atoms with Gasteiger partial charge in [-0.25, -0.2) is 4.39 Å². The van der Waals surface area contributed by atoms with Crippen LogP contribution in [-0.4, -0.2) is 43.1 Å². The number of hydrogen-bond donors (Lipinski definition) is 1. The fourth-order valence-electron chi connectivity index (χ4n) is 2.74. The Labute approximate surface area is 137 Å². The molecule has 1 amide bonds. The molecule has 1 aliphatic rings. The molecular formula is C16H24ClFN2O2. The Morgan fingerprint density at radius 2 is 2.09 bits per heavy atom. The molecule has 0 aliphatic carbocycles. The van der Waals surface area contributed by atoms with E-state index in [-0.39, 0.29) is 24.1 Å². The second-order valence-electron chi connectivity index (χ2n) is 5.50. The molecule has 1 aromatic rings. The molecule has 1 aliphatic heterocycles. The molecule has 4 nitrogen and oxygen atoms in total. The molecule has 0 saturated carbocycles. The second kappa shape index (κ2) is 8.34. The van der Waals surface area contributed by atoms with Crippen molar-refractivity contribution in [2.75, 3.05) is 26.7 Å². The predicted molar refractivity (Wildman–Crippen MR) is 87.0 cm³/mol. The number of nitrogens with zero attached hydrogens (tertiary/aromatic N) is 1. The topological polar surface area (TPSA) is 41.6 Å². The molecule has 2 rings (SSSR count). The van der Waals surface area contributed by atoms with Crippen molar-refractivity contribution < 1.29 is 13.9 Å². The smallest absolute Gasteiger partial charge is 0.242 e. The summed E-state index contributed by atoms with van der Waals surface area (Å²) in [7, 11) is 1.80. The van der Waals surface area contributed by atoms with Crippen LogP contribution >= 0.6 is 12.4 Å². The fourth-order valence-corrected chi connectivity index (χ4v) is 2.74. The van der Waals surface area contributed by atoms with E-state index in [0.717, 1.165) is 25.8 Å². The van der Waals surface area contributed by atoms with Crippen molar-refractivity contribution in [3.63, 3.8) is 0 Å². The summed E-state index contributed by atoms with van der Waals surface area (Å²) in [6, 6.07) is 5.89. The lowest BCUT2D eigenvalue weighted by molar-refractivity contribution is -0.137. The molecule has 22 heavy (non-hydrogen) atoms. The summed E-state index contributed by atoms with van der Waals surface area (Å²) in [5.74, 6) is 0.457. The van der Waals surface area contributed by atoms with Gasteiger partial charge in [-0.15, -0.1) is 12.4 Å². The molecule has 1 aromatic carbocycles. The van der Waals surface area contributed by atoms with Crippen molar-refractivity contribution in [2.45, 2.75) is 31.7 Å². The van der Waals surface area contributed by atoms with Crippen molar-refractivity contribution in [2.24, 2.45) is 0 Å². The number of carbonyl (C=O) groups excluding carboxylic acids is 1. The monoisotopic (exact) mass is 330 g/mol. The number of halogens is 2. The van der Waals surface area contributed by atoms with Crippen molar-refractivity contribution in [3.8, 4) is 5.75 Å². The molecular weight excluding hydrogens is 307 g/mol. The Hall–Kier alpha value is -1.33. The second-order valence-corrected chi connectivity index (χ2v) is 5.50. The van der Waals surface area contributed by atoms with Crippen LogP contribution in [0.3, 0.4) is 0 Å². The molecule has 1 unspecified atom stereocenters. The normalized spacial score (nSPS) is 20.3. The number of nitrogens with one attached hydrogen (secondary N) is 1. The Morgan fingerprint density at radius 1 is 1.41 bits per heavy atom. The molecule has 124 valence electrons. The van der Waals surface area contributed by atoms with Crippen molar-refractivity contribution in [1.82, 2.24) is 10.2 Å². The lowest BCUT2D eigenvalue weighted by Crippen LogP contribution is -2.54. The third-order valence-corrected chi connectivity index (χ3v) is 4.11. The van der Waals surface area contributed by atoms with Crippen LogP contribution in [0.1, 0.15) is 26.2 Å². The standard InChI is InChI=1S/C16H23FN2O2.ClH/c1-3-16(9-4-10-18-16)15(20)19(2)11-12-21-14-7-5-13(17)6-8-14;/h5-8,18H,3-4,9-12H2,1-2H3;1H. The highest BCUT2D eigenvalue weighted by atomic mass is 35.5. The van der Waals surface area contributed by atoms with Gasteiger partial charge in [-0.3, -0.25) is 4.79 Å². The molecule has 0 radical (unpaired) electrons. The van der Waals surface area contributed by atoms with Gasteiger partial charge < -0.3 is 15.0 Å². The first-order valence-electron chi connectivity index (χ1n) is 7.46. The van der Waals surface area contributed by atoms with Gasteiger partial charge in [0.2, 0.25) is 5.91 Å². The number of benzene rings is 1. The molecule has 0 bridgehead atoms. The summed E-state index contributed by atoms with van der Waals surface area (Å²) in [6.07, 6.45) is 2.74. The minimum atomic E-state index is -0.398. The molecule has 1 heterocycles. The SMILES string of the molecule is CCC1(C(=O)N(C)CCOc2ccc(F)cc2)CCCN1.Cl. The predicted octanol–water partition coefficient (Wildman–Crippen LogP) is 2.62. The Bertz CT molecular complexity index is 476. The summed E-state index contributed by atoms with van der Waals surface area (Å²) < 4.78 is 18.3. The van der Waals surface area contributed by atoms with E-state index >= 15 is 0 Å². The first-order chi connectivity index (χ1) is 10.1. The summed E-state index contributed by atoms with van der Waals surface area (Å²) in [6.45, 7) is 3.85. The minimum Gasteiger partial charge on any atom is -0.492 e. The van der Waals surface area contributed by atoms with Gasteiger partial charge in [0.25, 0.3) is 0 Å². The number of hydrogen-bond acceptors (Lipinski definition) is 3. The fraction of sp³-hybridized carbons (Fsp3) is 0.562. The highest BCUT2D eigenvalue weighted by Gasteiger charge is 2.40. The van der Waals surface area contributed by atoms with E-state index in [1.807, 2.05) is 6.92 Å². The van der Waals surface area contributed by atoms with Crippen molar-refractivity contribution in [3.05, 3.63) is 30.1 Å². The van der Waals surface area contributed by atoms with Crippen LogP contribution in [0.2, 0.25) is 0 Å². The van der Waals surface area contributed by atoms with E-state index < -0.39 is 5.54 Å². The zero-order valence-electron chi connectivity index (χ0n) is 13.1. The van der Waals surface area contributed by atoms with Gasteiger partial charge >= 0.3 is 0 Å². The average Bonchev–Trinajstić information content (AvgIpc) is 2.98. The first kappa shape index (κ1) is 18.7. The van der Waals surface area contributed by atoms with Crippen LogP contribution in [0.5, 0.6) is 5.75 Å². The van der Waals surface area contributed by atoms with E-state index in [1.165, 1.54) is 12.1 Å². The van der Waals surface area contributed by atoms with E-state index in [9.17, 15) is 9.18 Å². The molecule has 1 atom stereocenters. The third kappa shape index (κ3) is 4.34. The van der Waals surface area contributed by atoms with Gasteiger partial charge in [0.15, 0.2) is 0 Å². The van der Waals surface area contributed by atoms with Gasteiger partial charge in [-0.05, 0) is 50.1 Å². The molecule has 1 fully saturated rings. The molecule has 1 N–H and O–H groups in total. The Kier molecular flexibility index (Phi) is 7.10. The van der Waals surface area contributed by atoms with E-state index in [2.05, 4.69) is 5.32 Å². The highest BCUT2D eigenvalue weighted by Crippen LogP contribution is 2.25. The van der Waals surface area contributed by atoms with Crippen LogP contribution in [0.15, 0.2) is 24.3 Å². The number of rotatable bonds is 6. The van der Waals surface area contributed by atoms with Crippen molar-refractivity contribution >= 4 is 18.3 Å². The average molecular weight is 331 g/mol. The zero-order valence-corrected chi connectivity index (χ0v) is 13.9. The van der Waals surface area contributed by atoms with E-state index in [1.54, 1.807) is 24.1 Å². The van der Waals surface area contributed by atoms with E-state index in [0.29, 0.717) is 18.9 Å². The summed E-state index contributed by atoms with van der Waals surface area (Å²) >= 11 is 0. The van der Waals surface area contributed by atoms with Crippen LogP contribution in [0.4, 0.5) is 4.39 Å². The number of amides is 1. The van der Waals surface area contributed by atoms with Gasteiger partial charge in [0.05, 0.1) is 12.1 Å². The highest BCUT2D eigenvalue weighted by molar-refractivity contribution is 5.86. The quantitative estimate of drug-likeness (QED) is 0.871. The van der Waals surface area contributed by atoms with Crippen LogP contribution in [-0.2, 0) is 4.79 Å². The number of likely N-dealkylation sites (N-methyl/N-ethyl adjacent to an activating group) is 1. The van der Waals surface area contributed by atoms with Gasteiger partial charge in [0.1, 0.15) is 18.2 Å². The maximum absolute atomic E-state index is 12.8. The summed E-state index contributed by atoms with van der Waals surface area (Å²) in [5, 5.41) is 3.34. The summed E-state index contributed by atoms with van der Waals surface area (Å²) in [4.78, 5) is 14.3. The number of carbonyl (C=O) groups is 1. The van der Waals surface area contributed by atoms with Crippen LogP contribution < -0.4 is 10.1 Å². The Balaban J connectivity index is 0.00000242. The maximum atomic E-state index is 12.8. The molecule has 1 saturated heterocycles. The van der Waals surface area contributed by atoms with Gasteiger partial charge in [-0.1, -0.05) is 6.92 Å². The minimum absolute atomic E-state index is 0.